The summed E-state index contributed by atoms with van der Waals surface area (Å²) in [5.74, 6) is 0.537. The number of carbonyl (C=O) groups is 2. The Hall–Kier alpha value is -2.56. The van der Waals surface area contributed by atoms with Crippen LogP contribution in [-0.4, -0.2) is 40.7 Å². The van der Waals surface area contributed by atoms with Crippen LogP contribution in [0.2, 0.25) is 0 Å². The van der Waals surface area contributed by atoms with E-state index in [0.717, 1.165) is 12.2 Å². The molecule has 27 heavy (non-hydrogen) atoms. The van der Waals surface area contributed by atoms with Gasteiger partial charge in [-0.2, -0.15) is 0 Å². The maximum absolute atomic E-state index is 13.0. The molecule has 0 atom stereocenters. The summed E-state index contributed by atoms with van der Waals surface area (Å²) in [6, 6.07) is 13.7. The van der Waals surface area contributed by atoms with Crippen molar-refractivity contribution in [2.24, 2.45) is 5.92 Å². The highest BCUT2D eigenvalue weighted by Gasteiger charge is 2.25. The Bertz CT molecular complexity index is 708. The molecule has 1 heterocycles. The molecule has 1 aromatic carbocycles. The number of hydrogen-bond donors (Lipinski definition) is 0. The Kier molecular flexibility index (Phi) is 7.65. The lowest BCUT2D eigenvalue weighted by molar-refractivity contribution is -0.144. The van der Waals surface area contributed by atoms with E-state index in [2.05, 4.69) is 12.1 Å². The molecule has 2 aromatic rings. The van der Waals surface area contributed by atoms with Crippen LogP contribution in [0.3, 0.4) is 0 Å². The lowest BCUT2D eigenvalue weighted by Gasteiger charge is -2.31. The third-order valence-corrected chi connectivity index (χ3v) is 4.50. The minimum atomic E-state index is -0.136. The van der Waals surface area contributed by atoms with Crippen molar-refractivity contribution in [1.82, 2.24) is 9.80 Å². The third kappa shape index (κ3) is 6.27. The van der Waals surface area contributed by atoms with Gasteiger partial charge in [-0.05, 0) is 38.0 Å². The van der Waals surface area contributed by atoms with Gasteiger partial charge in [0.15, 0.2) is 0 Å². The van der Waals surface area contributed by atoms with Crippen LogP contribution in [0.4, 0.5) is 0 Å². The third-order valence-electron chi connectivity index (χ3n) is 4.50. The molecule has 0 spiro atoms. The van der Waals surface area contributed by atoms with E-state index in [1.165, 1.54) is 5.56 Å². The molecule has 0 bridgehead atoms. The summed E-state index contributed by atoms with van der Waals surface area (Å²) in [5, 5.41) is 0. The fourth-order valence-electron chi connectivity index (χ4n) is 2.88. The number of rotatable bonds is 9. The lowest BCUT2D eigenvalue weighted by atomic mass is 10.1. The summed E-state index contributed by atoms with van der Waals surface area (Å²) in [6.07, 6.45) is 2.37. The van der Waals surface area contributed by atoms with E-state index >= 15 is 0 Å². The van der Waals surface area contributed by atoms with Gasteiger partial charge in [0.25, 0.3) is 0 Å². The maximum Gasteiger partial charge on any atom is 0.242 e. The van der Waals surface area contributed by atoms with Crippen LogP contribution in [0.5, 0.6) is 0 Å². The van der Waals surface area contributed by atoms with Crippen LogP contribution in [0, 0.1) is 5.92 Å². The van der Waals surface area contributed by atoms with E-state index in [0.29, 0.717) is 13.1 Å². The Labute approximate surface area is 162 Å². The van der Waals surface area contributed by atoms with Crippen molar-refractivity contribution in [1.29, 1.82) is 0 Å². The Morgan fingerprint density at radius 1 is 1.00 bits per heavy atom. The molecule has 0 aliphatic carbocycles. The number of furan rings is 1. The van der Waals surface area contributed by atoms with E-state index in [-0.39, 0.29) is 30.3 Å². The predicted molar refractivity (Wildman–Crippen MR) is 106 cm³/mol. The van der Waals surface area contributed by atoms with Gasteiger partial charge >= 0.3 is 0 Å². The van der Waals surface area contributed by atoms with E-state index in [4.69, 9.17) is 4.42 Å². The van der Waals surface area contributed by atoms with Crippen molar-refractivity contribution < 1.29 is 14.0 Å². The van der Waals surface area contributed by atoms with Gasteiger partial charge in [-0.1, -0.05) is 44.2 Å². The summed E-state index contributed by atoms with van der Waals surface area (Å²) >= 11 is 0. The molecule has 0 saturated carbocycles. The average molecular weight is 370 g/mol. The normalized spacial score (nSPS) is 11.0. The highest BCUT2D eigenvalue weighted by Crippen LogP contribution is 2.12. The van der Waals surface area contributed by atoms with Gasteiger partial charge in [0.05, 0.1) is 19.4 Å². The first kappa shape index (κ1) is 20.7. The molecule has 0 radical (unpaired) electrons. The topological polar surface area (TPSA) is 53.8 Å². The molecule has 0 fully saturated rings. The first-order valence-corrected chi connectivity index (χ1v) is 9.53. The summed E-state index contributed by atoms with van der Waals surface area (Å²) in [4.78, 5) is 28.9. The van der Waals surface area contributed by atoms with Crippen molar-refractivity contribution in [3.63, 3.8) is 0 Å². The zero-order valence-electron chi connectivity index (χ0n) is 16.7. The van der Waals surface area contributed by atoms with Crippen molar-refractivity contribution in [3.8, 4) is 0 Å². The fraction of sp³-hybridized carbons (Fsp3) is 0.455. The molecular weight excluding hydrogens is 340 g/mol. The molecule has 2 rings (SSSR count). The monoisotopic (exact) mass is 370 g/mol. The standard InChI is InChI=1S/C22H30N2O3/c1-17(2)22(26)24(18(3)4)16-21(25)23(15-20-11-8-14-27-20)13-12-19-9-6-5-7-10-19/h5-11,14,17-18H,12-13,15-16H2,1-4H3. The summed E-state index contributed by atoms with van der Waals surface area (Å²) < 4.78 is 5.43. The highest BCUT2D eigenvalue weighted by atomic mass is 16.3. The molecule has 5 heteroatoms. The molecule has 0 unspecified atom stereocenters. The Morgan fingerprint density at radius 3 is 2.26 bits per heavy atom. The molecule has 5 nitrogen and oxygen atoms in total. The van der Waals surface area contributed by atoms with Gasteiger partial charge in [0, 0.05) is 18.5 Å². The Morgan fingerprint density at radius 2 is 1.70 bits per heavy atom. The molecule has 0 aliphatic rings. The van der Waals surface area contributed by atoms with Gasteiger partial charge < -0.3 is 14.2 Å². The number of hydrogen-bond acceptors (Lipinski definition) is 3. The molecule has 1 aromatic heterocycles. The lowest BCUT2D eigenvalue weighted by Crippen LogP contribution is -2.47. The number of nitrogens with zero attached hydrogens (tertiary/aromatic N) is 2. The van der Waals surface area contributed by atoms with Crippen LogP contribution in [0.15, 0.2) is 53.1 Å². The Balaban J connectivity index is 2.10. The van der Waals surface area contributed by atoms with Crippen molar-refractivity contribution >= 4 is 11.8 Å². The van der Waals surface area contributed by atoms with E-state index in [1.807, 2.05) is 58.0 Å². The van der Waals surface area contributed by atoms with Crippen LogP contribution in [-0.2, 0) is 22.6 Å². The predicted octanol–water partition coefficient (Wildman–Crippen LogP) is 3.74. The fourth-order valence-corrected chi connectivity index (χ4v) is 2.88. The number of amides is 2. The van der Waals surface area contributed by atoms with E-state index < -0.39 is 0 Å². The van der Waals surface area contributed by atoms with Gasteiger partial charge in [0.2, 0.25) is 11.8 Å². The van der Waals surface area contributed by atoms with Gasteiger partial charge in [-0.25, -0.2) is 0 Å². The van der Waals surface area contributed by atoms with Crippen LogP contribution >= 0.6 is 0 Å². The van der Waals surface area contributed by atoms with Gasteiger partial charge in [-0.3, -0.25) is 9.59 Å². The highest BCUT2D eigenvalue weighted by molar-refractivity contribution is 5.85. The zero-order valence-corrected chi connectivity index (χ0v) is 16.7. The molecule has 0 saturated heterocycles. The van der Waals surface area contributed by atoms with Crippen LogP contribution < -0.4 is 0 Å². The van der Waals surface area contributed by atoms with Crippen LogP contribution in [0.1, 0.15) is 39.0 Å². The molecular formula is C22H30N2O3. The smallest absolute Gasteiger partial charge is 0.242 e. The minimum Gasteiger partial charge on any atom is -0.467 e. The van der Waals surface area contributed by atoms with E-state index in [1.54, 1.807) is 16.1 Å². The second kappa shape index (κ2) is 9.95. The quantitative estimate of drug-likeness (QED) is 0.676. The van der Waals surface area contributed by atoms with Gasteiger partial charge in [0.1, 0.15) is 5.76 Å². The second-order valence-electron chi connectivity index (χ2n) is 7.34. The molecule has 2 amide bonds. The summed E-state index contributed by atoms with van der Waals surface area (Å²) in [6.45, 7) is 8.66. The molecule has 0 aliphatic heterocycles. The maximum atomic E-state index is 13.0. The van der Waals surface area contributed by atoms with Crippen LogP contribution in [0.25, 0.3) is 0 Å². The van der Waals surface area contributed by atoms with Gasteiger partial charge in [-0.15, -0.1) is 0 Å². The molecule has 0 N–H and O–H groups in total. The van der Waals surface area contributed by atoms with Crippen molar-refractivity contribution in [2.75, 3.05) is 13.1 Å². The summed E-state index contributed by atoms with van der Waals surface area (Å²) in [5.41, 5.74) is 1.17. The van der Waals surface area contributed by atoms with Crippen molar-refractivity contribution in [2.45, 2.75) is 46.7 Å². The van der Waals surface area contributed by atoms with E-state index in [9.17, 15) is 9.59 Å². The average Bonchev–Trinajstić information content (AvgIpc) is 3.16. The van der Waals surface area contributed by atoms with Crippen molar-refractivity contribution in [3.05, 3.63) is 60.1 Å². The first-order chi connectivity index (χ1) is 12.9. The zero-order chi connectivity index (χ0) is 19.8. The summed E-state index contributed by atoms with van der Waals surface area (Å²) in [7, 11) is 0. The SMILES string of the molecule is CC(C)C(=O)N(CC(=O)N(CCc1ccccc1)Cc1ccco1)C(C)C. The number of benzene rings is 1. The minimum absolute atomic E-state index is 0.000594. The second-order valence-corrected chi connectivity index (χ2v) is 7.34. The first-order valence-electron chi connectivity index (χ1n) is 9.53. The largest absolute Gasteiger partial charge is 0.467 e. The number of carbonyl (C=O) groups excluding carboxylic acids is 2. The molecule has 146 valence electrons.